The van der Waals surface area contributed by atoms with E-state index in [9.17, 15) is 18.9 Å². The summed E-state index contributed by atoms with van der Waals surface area (Å²) in [6.07, 6.45) is 1.08. The Morgan fingerprint density at radius 3 is 2.83 bits per heavy atom. The third kappa shape index (κ3) is 4.23. The Bertz CT molecular complexity index is 792. The third-order valence-corrected chi connectivity index (χ3v) is 2.63. The summed E-state index contributed by atoms with van der Waals surface area (Å²) in [4.78, 5) is 13.3. The molecule has 0 saturated heterocycles. The maximum atomic E-state index is 13.9. The SMILES string of the molecule is NC(=S)NN=C(Cn1cnc([N+](=O)[O-])n1)c1ccc(F)cc1F. The lowest BCUT2D eigenvalue weighted by atomic mass is 10.1. The van der Waals surface area contributed by atoms with Gasteiger partial charge in [0.15, 0.2) is 5.11 Å². The second kappa shape index (κ2) is 6.83. The third-order valence-electron chi connectivity index (χ3n) is 2.54. The average molecular weight is 341 g/mol. The molecule has 0 radical (unpaired) electrons. The van der Waals surface area contributed by atoms with Gasteiger partial charge >= 0.3 is 5.95 Å². The van der Waals surface area contributed by atoms with E-state index in [4.69, 9.17) is 5.73 Å². The molecule has 1 aromatic heterocycles. The van der Waals surface area contributed by atoms with Gasteiger partial charge in [-0.2, -0.15) is 9.78 Å². The van der Waals surface area contributed by atoms with E-state index in [2.05, 4.69) is 32.8 Å². The van der Waals surface area contributed by atoms with Crippen molar-refractivity contribution in [1.82, 2.24) is 20.2 Å². The molecule has 3 N–H and O–H groups in total. The Morgan fingerprint density at radius 1 is 1.52 bits per heavy atom. The number of aromatic nitrogens is 3. The zero-order valence-corrected chi connectivity index (χ0v) is 12.1. The normalized spacial score (nSPS) is 11.3. The van der Waals surface area contributed by atoms with Gasteiger partial charge in [0.05, 0.1) is 5.71 Å². The molecule has 2 rings (SSSR count). The zero-order valence-electron chi connectivity index (χ0n) is 11.3. The van der Waals surface area contributed by atoms with Crippen molar-refractivity contribution >= 4 is 29.0 Å². The van der Waals surface area contributed by atoms with E-state index in [1.165, 1.54) is 0 Å². The van der Waals surface area contributed by atoms with Gasteiger partial charge in [0, 0.05) is 16.7 Å². The number of nitro groups is 1. The highest BCUT2D eigenvalue weighted by Crippen LogP contribution is 2.12. The molecule has 0 amide bonds. The lowest BCUT2D eigenvalue weighted by molar-refractivity contribution is -0.394. The quantitative estimate of drug-likeness (QED) is 0.355. The predicted octanol–water partition coefficient (Wildman–Crippen LogP) is 0.702. The summed E-state index contributed by atoms with van der Waals surface area (Å²) in [5.74, 6) is -2.25. The number of nitrogens with zero attached hydrogens (tertiary/aromatic N) is 5. The summed E-state index contributed by atoms with van der Waals surface area (Å²) < 4.78 is 28.0. The predicted molar refractivity (Wildman–Crippen MR) is 79.5 cm³/mol. The largest absolute Gasteiger partial charge is 0.490 e. The lowest BCUT2D eigenvalue weighted by Gasteiger charge is -2.07. The molecule has 0 unspecified atom stereocenters. The first-order valence-corrected chi connectivity index (χ1v) is 6.39. The van der Waals surface area contributed by atoms with E-state index in [0.717, 1.165) is 23.1 Å². The Labute approximate surface area is 133 Å². The molecule has 23 heavy (non-hydrogen) atoms. The van der Waals surface area contributed by atoms with Crippen molar-refractivity contribution in [2.24, 2.45) is 10.8 Å². The molecule has 12 heteroatoms. The van der Waals surface area contributed by atoms with Crippen LogP contribution in [-0.2, 0) is 6.54 Å². The molecule has 0 atom stereocenters. The van der Waals surface area contributed by atoms with Crippen LogP contribution in [0.1, 0.15) is 5.56 Å². The Hall–Kier alpha value is -3.02. The summed E-state index contributed by atoms with van der Waals surface area (Å²) in [5, 5.41) is 17.8. The van der Waals surface area contributed by atoms with Gasteiger partial charge in [-0.3, -0.25) is 5.43 Å². The van der Waals surface area contributed by atoms with Crippen LogP contribution < -0.4 is 11.2 Å². The summed E-state index contributed by atoms with van der Waals surface area (Å²) in [6.45, 7) is -0.182. The van der Waals surface area contributed by atoms with Crippen LogP contribution in [0.2, 0.25) is 0 Å². The number of thiocarbonyl (C=S) groups is 1. The van der Waals surface area contributed by atoms with Gasteiger partial charge in [0.1, 0.15) is 18.2 Å². The number of halogens is 2. The molecule has 0 spiro atoms. The smallest absolute Gasteiger partial charge is 0.390 e. The number of nitrogens with two attached hydrogens (primary N) is 1. The Balaban J connectivity index is 2.35. The average Bonchev–Trinajstić information content (AvgIpc) is 2.92. The molecule has 0 aliphatic rings. The highest BCUT2D eigenvalue weighted by atomic mass is 32.1. The number of nitrogens with one attached hydrogen (secondary N) is 1. The molecule has 0 fully saturated rings. The molecular formula is C11H9F2N7O2S. The highest BCUT2D eigenvalue weighted by molar-refractivity contribution is 7.80. The van der Waals surface area contributed by atoms with Crippen molar-refractivity contribution in [3.63, 3.8) is 0 Å². The number of hydrogen-bond donors (Lipinski definition) is 2. The summed E-state index contributed by atoms with van der Waals surface area (Å²) in [6, 6.07) is 2.88. The van der Waals surface area contributed by atoms with E-state index < -0.39 is 22.5 Å². The first kappa shape index (κ1) is 16.4. The molecular weight excluding hydrogens is 332 g/mol. The minimum Gasteiger partial charge on any atom is -0.390 e. The van der Waals surface area contributed by atoms with Gasteiger partial charge in [-0.15, -0.1) is 0 Å². The molecule has 1 aromatic carbocycles. The number of hydrogen-bond acceptors (Lipinski definition) is 6. The topological polar surface area (TPSA) is 124 Å². The molecule has 0 aliphatic heterocycles. The minimum atomic E-state index is -0.872. The molecule has 2 aromatic rings. The van der Waals surface area contributed by atoms with Gasteiger partial charge in [-0.1, -0.05) is 4.98 Å². The van der Waals surface area contributed by atoms with E-state index in [1.807, 2.05) is 0 Å². The van der Waals surface area contributed by atoms with Crippen molar-refractivity contribution in [3.8, 4) is 0 Å². The van der Waals surface area contributed by atoms with Gasteiger partial charge in [0.25, 0.3) is 0 Å². The number of rotatable bonds is 5. The fourth-order valence-corrected chi connectivity index (χ4v) is 1.67. The lowest BCUT2D eigenvalue weighted by Crippen LogP contribution is -2.27. The van der Waals surface area contributed by atoms with E-state index in [-0.39, 0.29) is 22.9 Å². The first-order chi connectivity index (χ1) is 10.9. The van der Waals surface area contributed by atoms with Crippen molar-refractivity contribution in [1.29, 1.82) is 0 Å². The first-order valence-electron chi connectivity index (χ1n) is 5.98. The van der Waals surface area contributed by atoms with Gasteiger partial charge < -0.3 is 15.8 Å². The molecule has 0 aliphatic carbocycles. The van der Waals surface area contributed by atoms with E-state index in [0.29, 0.717) is 6.07 Å². The van der Waals surface area contributed by atoms with Crippen LogP contribution in [-0.4, -0.2) is 30.5 Å². The van der Waals surface area contributed by atoms with Crippen LogP contribution in [0.15, 0.2) is 29.6 Å². The monoisotopic (exact) mass is 341 g/mol. The van der Waals surface area contributed by atoms with Crippen LogP contribution in [0.3, 0.4) is 0 Å². The standard InChI is InChI=1S/C11H9F2N7O2S/c12-6-1-2-7(8(13)3-6)9(16-17-10(14)23)4-19-5-15-11(18-19)20(21)22/h1-3,5H,4H2,(H3,14,17,23). The Kier molecular flexibility index (Phi) is 4.85. The molecule has 9 nitrogen and oxygen atoms in total. The van der Waals surface area contributed by atoms with Crippen LogP contribution in [0, 0.1) is 21.7 Å². The van der Waals surface area contributed by atoms with Crippen LogP contribution in [0.5, 0.6) is 0 Å². The van der Waals surface area contributed by atoms with Crippen molar-refractivity contribution in [3.05, 3.63) is 51.8 Å². The summed E-state index contributed by atoms with van der Waals surface area (Å²) >= 11 is 4.60. The van der Waals surface area contributed by atoms with Crippen molar-refractivity contribution in [2.75, 3.05) is 0 Å². The fraction of sp³-hybridized carbons (Fsp3) is 0.0909. The Morgan fingerprint density at radius 2 is 2.26 bits per heavy atom. The van der Waals surface area contributed by atoms with E-state index >= 15 is 0 Å². The van der Waals surface area contributed by atoms with Gasteiger partial charge in [-0.05, 0) is 29.3 Å². The fourth-order valence-electron chi connectivity index (χ4n) is 1.62. The molecule has 0 saturated carbocycles. The highest BCUT2D eigenvalue weighted by Gasteiger charge is 2.17. The van der Waals surface area contributed by atoms with Crippen LogP contribution in [0.25, 0.3) is 0 Å². The number of hydrazone groups is 1. The minimum absolute atomic E-state index is 0.0371. The summed E-state index contributed by atoms with van der Waals surface area (Å²) in [5.41, 5.74) is 7.52. The van der Waals surface area contributed by atoms with Crippen molar-refractivity contribution in [2.45, 2.75) is 6.54 Å². The van der Waals surface area contributed by atoms with Gasteiger partial charge in [0.2, 0.25) is 6.33 Å². The molecule has 1 heterocycles. The second-order valence-electron chi connectivity index (χ2n) is 4.16. The summed E-state index contributed by atoms with van der Waals surface area (Å²) in [7, 11) is 0. The van der Waals surface area contributed by atoms with Gasteiger partial charge in [-0.25, -0.2) is 8.78 Å². The van der Waals surface area contributed by atoms with Crippen LogP contribution in [0.4, 0.5) is 14.7 Å². The van der Waals surface area contributed by atoms with Crippen LogP contribution >= 0.6 is 12.2 Å². The molecule has 120 valence electrons. The number of benzene rings is 1. The zero-order chi connectivity index (χ0) is 17.0. The molecule has 0 bridgehead atoms. The maximum absolute atomic E-state index is 13.9. The van der Waals surface area contributed by atoms with Crippen molar-refractivity contribution < 1.29 is 13.7 Å². The second-order valence-corrected chi connectivity index (χ2v) is 4.60. The maximum Gasteiger partial charge on any atom is 0.490 e. The van der Waals surface area contributed by atoms with E-state index in [1.54, 1.807) is 0 Å².